The predicted molar refractivity (Wildman–Crippen MR) is 111 cm³/mol. The van der Waals surface area contributed by atoms with Crippen LogP contribution in [0.4, 0.5) is 0 Å². The molecule has 1 saturated carbocycles. The molecule has 6 nitrogen and oxygen atoms in total. The van der Waals surface area contributed by atoms with Gasteiger partial charge < -0.3 is 14.0 Å². The maximum absolute atomic E-state index is 13.6. The molecule has 0 heterocycles. The van der Waals surface area contributed by atoms with Gasteiger partial charge in [-0.25, -0.2) is 5.09 Å². The van der Waals surface area contributed by atoms with E-state index in [9.17, 15) is 9.36 Å². The van der Waals surface area contributed by atoms with Gasteiger partial charge in [0, 0.05) is 7.11 Å². The fourth-order valence-corrected chi connectivity index (χ4v) is 5.09. The van der Waals surface area contributed by atoms with Gasteiger partial charge in [0.25, 0.3) is 0 Å². The lowest BCUT2D eigenvalue weighted by atomic mass is 9.90. The Kier molecular flexibility index (Phi) is 8.11. The monoisotopic (exact) mass is 411 g/mol. The fourth-order valence-electron chi connectivity index (χ4n) is 3.36. The summed E-state index contributed by atoms with van der Waals surface area (Å²) < 4.78 is 29.9. The summed E-state index contributed by atoms with van der Waals surface area (Å²) in [7, 11) is -2.02. The summed E-state index contributed by atoms with van der Waals surface area (Å²) in [6, 6.07) is 5.33. The molecule has 0 aromatic heterocycles. The molecule has 0 bridgehead atoms. The minimum Gasteiger partial charge on any atom is -0.465 e. The molecule has 0 saturated heterocycles. The second kappa shape index (κ2) is 9.91. The normalized spacial score (nSPS) is 18.4. The van der Waals surface area contributed by atoms with E-state index in [4.69, 9.17) is 14.0 Å². The molecule has 0 amide bonds. The molecule has 7 heteroatoms. The lowest BCUT2D eigenvalue weighted by Gasteiger charge is -2.27. The first kappa shape index (κ1) is 22.9. The smallest absolute Gasteiger partial charge is 0.342 e. The van der Waals surface area contributed by atoms with Crippen molar-refractivity contribution in [1.82, 2.24) is 5.09 Å². The van der Waals surface area contributed by atoms with Crippen molar-refractivity contribution in [2.45, 2.75) is 65.3 Å². The maximum atomic E-state index is 13.6. The number of carbonyl (C=O) groups excluding carboxylic acids is 1. The van der Waals surface area contributed by atoms with Crippen LogP contribution in [0.25, 0.3) is 0 Å². The SMILES string of the molecule is CCOC(=O)[C@H](C)NP(=O)(COC)Oc1c(C(C)C)cccc1[C@H](C)C1CC1. The topological polar surface area (TPSA) is 73.9 Å². The van der Waals surface area contributed by atoms with E-state index in [0.29, 0.717) is 17.6 Å². The molecule has 1 unspecified atom stereocenters. The molecule has 3 atom stereocenters. The minimum atomic E-state index is -3.49. The summed E-state index contributed by atoms with van der Waals surface area (Å²) in [4.78, 5) is 12.0. The third-order valence-corrected chi connectivity index (χ3v) is 6.94. The standard InChI is InChI=1S/C21H34NO5P/c1-7-26-21(23)16(5)22-28(24,13-25-6)27-20-18(14(2)3)9-8-10-19(20)15(4)17-11-12-17/h8-10,14-17H,7,11-13H2,1-6H3,(H,22,24)/t15-,16+,28?/m1/s1. The number of hydrogen-bond acceptors (Lipinski definition) is 5. The van der Waals surface area contributed by atoms with Crippen LogP contribution >= 0.6 is 7.52 Å². The molecule has 1 aliphatic rings. The van der Waals surface area contributed by atoms with Crippen LogP contribution in [0.1, 0.15) is 70.4 Å². The van der Waals surface area contributed by atoms with Crippen LogP contribution in [0.2, 0.25) is 0 Å². The number of ether oxygens (including phenoxy) is 2. The maximum Gasteiger partial charge on any atom is 0.342 e. The molecular formula is C21H34NO5P. The Morgan fingerprint density at radius 3 is 2.39 bits per heavy atom. The first-order chi connectivity index (χ1) is 13.2. The van der Waals surface area contributed by atoms with Gasteiger partial charge in [-0.3, -0.25) is 9.36 Å². The van der Waals surface area contributed by atoms with Gasteiger partial charge in [0.2, 0.25) is 0 Å². The Hall–Kier alpha value is -1.36. The summed E-state index contributed by atoms with van der Waals surface area (Å²) in [6.07, 6.45) is 2.28. The third kappa shape index (κ3) is 5.82. The van der Waals surface area contributed by atoms with E-state index in [-0.39, 0.29) is 18.9 Å². The van der Waals surface area contributed by atoms with E-state index in [2.05, 4.69) is 31.9 Å². The molecule has 1 fully saturated rings. The summed E-state index contributed by atoms with van der Waals surface area (Å²) in [6.45, 7) is 9.98. The Morgan fingerprint density at radius 2 is 1.86 bits per heavy atom. The average Bonchev–Trinajstić information content (AvgIpc) is 3.46. The Labute approximate surface area is 168 Å². The van der Waals surface area contributed by atoms with Gasteiger partial charge in [-0.1, -0.05) is 39.0 Å². The number of rotatable bonds is 11. The van der Waals surface area contributed by atoms with Crippen molar-refractivity contribution in [2.75, 3.05) is 20.1 Å². The Balaban J connectivity index is 2.37. The quantitative estimate of drug-likeness (QED) is 0.406. The summed E-state index contributed by atoms with van der Waals surface area (Å²) >= 11 is 0. The molecule has 0 spiro atoms. The minimum absolute atomic E-state index is 0.138. The van der Waals surface area contributed by atoms with Crippen molar-refractivity contribution in [2.24, 2.45) is 5.92 Å². The van der Waals surface area contributed by atoms with Crippen LogP contribution in [0.5, 0.6) is 5.75 Å². The first-order valence-electron chi connectivity index (χ1n) is 10.1. The second-order valence-corrected chi connectivity index (χ2v) is 9.88. The van der Waals surface area contributed by atoms with Gasteiger partial charge in [0.05, 0.1) is 6.61 Å². The highest BCUT2D eigenvalue weighted by atomic mass is 31.2. The molecule has 1 aromatic rings. The van der Waals surface area contributed by atoms with Crippen molar-refractivity contribution >= 4 is 13.5 Å². The number of benzene rings is 1. The van der Waals surface area contributed by atoms with E-state index < -0.39 is 19.5 Å². The number of hydrogen-bond donors (Lipinski definition) is 1. The molecule has 158 valence electrons. The van der Waals surface area contributed by atoms with E-state index in [1.54, 1.807) is 13.8 Å². The zero-order valence-corrected chi connectivity index (χ0v) is 18.8. The van der Waals surface area contributed by atoms with Crippen LogP contribution in [0.15, 0.2) is 18.2 Å². The zero-order valence-electron chi connectivity index (χ0n) is 17.9. The molecule has 0 aliphatic heterocycles. The van der Waals surface area contributed by atoms with E-state index in [1.165, 1.54) is 20.0 Å². The number of esters is 1. The molecule has 28 heavy (non-hydrogen) atoms. The number of methoxy groups -OCH3 is 1. The van der Waals surface area contributed by atoms with Crippen LogP contribution in [0.3, 0.4) is 0 Å². The predicted octanol–water partition coefficient (Wildman–Crippen LogP) is 5.04. The van der Waals surface area contributed by atoms with Gasteiger partial charge in [-0.15, -0.1) is 0 Å². The highest BCUT2D eigenvalue weighted by Gasteiger charge is 2.35. The second-order valence-electron chi connectivity index (χ2n) is 7.83. The van der Waals surface area contributed by atoms with Crippen LogP contribution < -0.4 is 9.61 Å². The summed E-state index contributed by atoms with van der Waals surface area (Å²) in [5.41, 5.74) is 2.07. The largest absolute Gasteiger partial charge is 0.465 e. The van der Waals surface area contributed by atoms with Crippen LogP contribution in [0, 0.1) is 5.92 Å². The van der Waals surface area contributed by atoms with E-state index >= 15 is 0 Å². The molecule has 0 radical (unpaired) electrons. The van der Waals surface area contributed by atoms with Crippen molar-refractivity contribution in [1.29, 1.82) is 0 Å². The Bertz CT molecular complexity index is 717. The van der Waals surface area contributed by atoms with Crippen LogP contribution in [-0.4, -0.2) is 32.1 Å². The Morgan fingerprint density at radius 1 is 1.21 bits per heavy atom. The van der Waals surface area contributed by atoms with Gasteiger partial charge in [0.15, 0.2) is 0 Å². The van der Waals surface area contributed by atoms with E-state index in [0.717, 1.165) is 11.1 Å². The summed E-state index contributed by atoms with van der Waals surface area (Å²) in [5.74, 6) is 1.36. The van der Waals surface area contributed by atoms with Crippen molar-refractivity contribution in [3.05, 3.63) is 29.3 Å². The van der Waals surface area contributed by atoms with E-state index in [1.807, 2.05) is 12.1 Å². The van der Waals surface area contributed by atoms with Gasteiger partial charge >= 0.3 is 13.5 Å². The highest BCUT2D eigenvalue weighted by molar-refractivity contribution is 7.57. The van der Waals surface area contributed by atoms with Gasteiger partial charge in [0.1, 0.15) is 18.1 Å². The molecule has 1 aromatic carbocycles. The molecule has 1 aliphatic carbocycles. The molecular weight excluding hydrogens is 377 g/mol. The highest BCUT2D eigenvalue weighted by Crippen LogP contribution is 2.51. The van der Waals surface area contributed by atoms with Gasteiger partial charge in [-0.2, -0.15) is 0 Å². The number of carbonyl (C=O) groups is 1. The lowest BCUT2D eigenvalue weighted by molar-refractivity contribution is -0.144. The van der Waals surface area contributed by atoms with Crippen LogP contribution in [-0.2, 0) is 18.8 Å². The average molecular weight is 411 g/mol. The van der Waals surface area contributed by atoms with Gasteiger partial charge in [-0.05, 0) is 55.6 Å². The fraction of sp³-hybridized carbons (Fsp3) is 0.667. The number of para-hydroxylation sites is 1. The zero-order chi connectivity index (χ0) is 20.9. The molecule has 2 rings (SSSR count). The molecule has 1 N–H and O–H groups in total. The summed E-state index contributed by atoms with van der Waals surface area (Å²) in [5, 5.41) is 2.84. The lowest BCUT2D eigenvalue weighted by Crippen LogP contribution is -2.35. The first-order valence-corrected chi connectivity index (χ1v) is 11.9. The van der Waals surface area contributed by atoms with Crippen molar-refractivity contribution < 1.29 is 23.4 Å². The third-order valence-electron chi connectivity index (χ3n) is 5.09. The van der Waals surface area contributed by atoms with Crippen molar-refractivity contribution in [3.63, 3.8) is 0 Å². The van der Waals surface area contributed by atoms with Crippen molar-refractivity contribution in [3.8, 4) is 5.75 Å². The number of nitrogens with one attached hydrogen (secondary N) is 1.